The zero-order chi connectivity index (χ0) is 18.8. The molecule has 2 aromatic carbocycles. The van der Waals surface area contributed by atoms with Crippen LogP contribution in [0.2, 0.25) is 5.02 Å². The van der Waals surface area contributed by atoms with Gasteiger partial charge in [0.05, 0.1) is 11.2 Å². The first-order valence-corrected chi connectivity index (χ1v) is 9.26. The van der Waals surface area contributed by atoms with Gasteiger partial charge < -0.3 is 4.90 Å². The molecule has 1 amide bonds. The Bertz CT molecular complexity index is 1030. The molecule has 0 saturated heterocycles. The van der Waals surface area contributed by atoms with Crippen molar-refractivity contribution in [3.63, 3.8) is 0 Å². The number of halogens is 2. The molecule has 3 aromatic rings. The molecule has 3 nitrogen and oxygen atoms in total. The van der Waals surface area contributed by atoms with E-state index in [0.717, 1.165) is 23.7 Å². The van der Waals surface area contributed by atoms with Gasteiger partial charge in [0.1, 0.15) is 5.82 Å². The van der Waals surface area contributed by atoms with E-state index in [-0.39, 0.29) is 24.3 Å². The number of benzene rings is 2. The summed E-state index contributed by atoms with van der Waals surface area (Å²) < 4.78 is 14.0. The van der Waals surface area contributed by atoms with Crippen molar-refractivity contribution in [1.82, 2.24) is 9.88 Å². The molecule has 1 aliphatic carbocycles. The maximum absolute atomic E-state index is 14.0. The third kappa shape index (κ3) is 4.17. The monoisotopic (exact) mass is 380 g/mol. The summed E-state index contributed by atoms with van der Waals surface area (Å²) in [5, 5.41) is 1.61. The number of rotatable bonds is 5. The largest absolute Gasteiger partial charge is 0.332 e. The fourth-order valence-electron chi connectivity index (χ4n) is 3.03. The van der Waals surface area contributed by atoms with Gasteiger partial charge in [0.2, 0.25) is 5.91 Å². The number of carbonyl (C=O) groups is 1. The fourth-order valence-corrected chi connectivity index (χ4v) is 3.20. The Kier molecular flexibility index (Phi) is 4.90. The van der Waals surface area contributed by atoms with Gasteiger partial charge >= 0.3 is 0 Å². The molecule has 0 atom stereocenters. The Morgan fingerprint density at radius 1 is 1.19 bits per heavy atom. The van der Waals surface area contributed by atoms with Crippen molar-refractivity contribution in [2.24, 2.45) is 0 Å². The molecule has 0 N–H and O–H groups in total. The molecule has 1 heterocycles. The quantitative estimate of drug-likeness (QED) is 0.568. The SMILES string of the molecule is O=C(/C=C/c1ccc2ccc(Cl)cc2n1)N(Cc1ccccc1F)C1CC1. The van der Waals surface area contributed by atoms with Crippen LogP contribution in [0.3, 0.4) is 0 Å². The van der Waals surface area contributed by atoms with E-state index < -0.39 is 0 Å². The maximum Gasteiger partial charge on any atom is 0.247 e. The number of carbonyl (C=O) groups excluding carboxylic acids is 1. The Morgan fingerprint density at radius 3 is 2.74 bits per heavy atom. The van der Waals surface area contributed by atoms with Crippen molar-refractivity contribution in [3.05, 3.63) is 82.8 Å². The third-order valence-corrected chi connectivity index (χ3v) is 4.88. The highest BCUT2D eigenvalue weighted by molar-refractivity contribution is 6.31. The van der Waals surface area contributed by atoms with Crippen LogP contribution in [0.15, 0.2) is 60.7 Å². The Morgan fingerprint density at radius 2 is 1.96 bits per heavy atom. The smallest absolute Gasteiger partial charge is 0.247 e. The van der Waals surface area contributed by atoms with Crippen LogP contribution in [0, 0.1) is 5.82 Å². The van der Waals surface area contributed by atoms with Crippen LogP contribution in [0.4, 0.5) is 4.39 Å². The molecule has 1 saturated carbocycles. The second-order valence-corrected chi connectivity index (χ2v) is 7.13. The highest BCUT2D eigenvalue weighted by Gasteiger charge is 2.32. The molecule has 27 heavy (non-hydrogen) atoms. The zero-order valence-corrected chi connectivity index (χ0v) is 15.4. The lowest BCUT2D eigenvalue weighted by molar-refractivity contribution is -0.127. The van der Waals surface area contributed by atoms with E-state index in [1.807, 2.05) is 24.3 Å². The van der Waals surface area contributed by atoms with Crippen LogP contribution in [-0.4, -0.2) is 21.8 Å². The molecule has 1 fully saturated rings. The van der Waals surface area contributed by atoms with E-state index in [0.29, 0.717) is 16.3 Å². The molecular weight excluding hydrogens is 363 g/mol. The van der Waals surface area contributed by atoms with Crippen LogP contribution in [0.5, 0.6) is 0 Å². The minimum Gasteiger partial charge on any atom is -0.332 e. The molecule has 0 aliphatic heterocycles. The standard InChI is InChI=1S/C22H18ClFN2O/c23-17-7-5-15-6-8-18(25-21(15)13-17)9-12-22(27)26(19-10-11-19)14-16-3-1-2-4-20(16)24/h1-9,12-13,19H,10-11,14H2/b12-9+. The van der Waals surface area contributed by atoms with Crippen molar-refractivity contribution < 1.29 is 9.18 Å². The summed E-state index contributed by atoms with van der Waals surface area (Å²) in [5.74, 6) is -0.415. The number of nitrogens with zero attached hydrogens (tertiary/aromatic N) is 2. The number of amides is 1. The summed E-state index contributed by atoms with van der Waals surface area (Å²) in [6.07, 6.45) is 5.12. The lowest BCUT2D eigenvalue weighted by Gasteiger charge is -2.21. The predicted molar refractivity (Wildman–Crippen MR) is 106 cm³/mol. The fraction of sp³-hybridized carbons (Fsp3) is 0.182. The minimum absolute atomic E-state index is 0.131. The van der Waals surface area contributed by atoms with Crippen molar-refractivity contribution in [2.75, 3.05) is 0 Å². The summed E-state index contributed by atoms with van der Waals surface area (Å²) in [4.78, 5) is 19.0. The van der Waals surface area contributed by atoms with Gasteiger partial charge in [0.25, 0.3) is 0 Å². The van der Waals surface area contributed by atoms with Crippen LogP contribution >= 0.6 is 11.6 Å². The van der Waals surface area contributed by atoms with Crippen LogP contribution < -0.4 is 0 Å². The van der Waals surface area contributed by atoms with Crippen LogP contribution in [-0.2, 0) is 11.3 Å². The Balaban J connectivity index is 1.53. The second-order valence-electron chi connectivity index (χ2n) is 6.70. The van der Waals surface area contributed by atoms with Gasteiger partial charge in [0, 0.05) is 34.6 Å². The third-order valence-electron chi connectivity index (χ3n) is 4.64. The van der Waals surface area contributed by atoms with E-state index in [4.69, 9.17) is 11.6 Å². The Labute approximate surface area is 162 Å². The predicted octanol–water partition coefficient (Wildman–Crippen LogP) is 5.23. The molecule has 5 heteroatoms. The van der Waals surface area contributed by atoms with Gasteiger partial charge in [-0.25, -0.2) is 9.37 Å². The molecule has 1 aromatic heterocycles. The molecule has 0 radical (unpaired) electrons. The van der Waals surface area contributed by atoms with Gasteiger partial charge in [-0.15, -0.1) is 0 Å². The number of hydrogen-bond acceptors (Lipinski definition) is 2. The lowest BCUT2D eigenvalue weighted by atomic mass is 10.2. The maximum atomic E-state index is 14.0. The highest BCUT2D eigenvalue weighted by atomic mass is 35.5. The number of fused-ring (bicyclic) bond motifs is 1. The molecule has 0 spiro atoms. The average Bonchev–Trinajstić information content (AvgIpc) is 3.50. The van der Waals surface area contributed by atoms with Gasteiger partial charge in [-0.3, -0.25) is 4.79 Å². The van der Waals surface area contributed by atoms with Crippen molar-refractivity contribution >= 4 is 34.5 Å². The summed E-state index contributed by atoms with van der Waals surface area (Å²) in [7, 11) is 0. The molecule has 4 rings (SSSR count). The lowest BCUT2D eigenvalue weighted by Crippen LogP contribution is -2.31. The van der Waals surface area contributed by atoms with Gasteiger partial charge in [-0.2, -0.15) is 0 Å². The van der Waals surface area contributed by atoms with E-state index in [1.165, 1.54) is 12.1 Å². The number of hydrogen-bond donors (Lipinski definition) is 0. The first kappa shape index (κ1) is 17.7. The van der Waals surface area contributed by atoms with E-state index in [2.05, 4.69) is 4.98 Å². The highest BCUT2D eigenvalue weighted by Crippen LogP contribution is 2.29. The minimum atomic E-state index is -0.284. The van der Waals surface area contributed by atoms with E-state index >= 15 is 0 Å². The molecule has 136 valence electrons. The summed E-state index contributed by atoms with van der Waals surface area (Å²) in [6, 6.07) is 16.1. The van der Waals surface area contributed by atoms with E-state index in [9.17, 15) is 9.18 Å². The van der Waals surface area contributed by atoms with E-state index in [1.54, 1.807) is 35.2 Å². The number of pyridine rings is 1. The van der Waals surface area contributed by atoms with Gasteiger partial charge in [-0.1, -0.05) is 41.9 Å². The zero-order valence-electron chi connectivity index (χ0n) is 14.6. The normalized spacial score (nSPS) is 14.0. The molecule has 1 aliphatic rings. The van der Waals surface area contributed by atoms with Gasteiger partial charge in [0.15, 0.2) is 0 Å². The van der Waals surface area contributed by atoms with Crippen LogP contribution in [0.25, 0.3) is 17.0 Å². The van der Waals surface area contributed by atoms with Crippen LogP contribution in [0.1, 0.15) is 24.1 Å². The first-order chi connectivity index (χ1) is 13.1. The number of aromatic nitrogens is 1. The molecule has 0 bridgehead atoms. The first-order valence-electron chi connectivity index (χ1n) is 8.88. The molecule has 0 unspecified atom stereocenters. The summed E-state index contributed by atoms with van der Waals surface area (Å²) >= 11 is 6.02. The second kappa shape index (κ2) is 7.49. The Hall–Kier alpha value is -2.72. The average molecular weight is 381 g/mol. The van der Waals surface area contributed by atoms with Gasteiger partial charge in [-0.05, 0) is 43.2 Å². The summed E-state index contributed by atoms with van der Waals surface area (Å²) in [6.45, 7) is 0.279. The van der Waals surface area contributed by atoms with Crippen molar-refractivity contribution in [3.8, 4) is 0 Å². The van der Waals surface area contributed by atoms with Crippen molar-refractivity contribution in [1.29, 1.82) is 0 Å². The molecular formula is C22H18ClFN2O. The topological polar surface area (TPSA) is 33.2 Å². The summed E-state index contributed by atoms with van der Waals surface area (Å²) in [5.41, 5.74) is 1.99. The van der Waals surface area contributed by atoms with Crippen molar-refractivity contribution in [2.45, 2.75) is 25.4 Å².